The Morgan fingerprint density at radius 1 is 0.900 bits per heavy atom. The van der Waals surface area contributed by atoms with Gasteiger partial charge in [0.1, 0.15) is 5.75 Å². The quantitative estimate of drug-likeness (QED) is 0.428. The lowest BCUT2D eigenvalue weighted by atomic mass is 10.1. The molecule has 0 atom stereocenters. The highest BCUT2D eigenvalue weighted by Crippen LogP contribution is 2.27. The molecule has 0 aromatic heterocycles. The Balaban J connectivity index is 1.55. The average molecular weight is 467 g/mol. The maximum atomic E-state index is 12.3. The molecular weight excluding hydrogens is 440 g/mol. The first-order valence-electron chi connectivity index (χ1n) is 9.91. The summed E-state index contributed by atoms with van der Waals surface area (Å²) in [5, 5.41) is 6.35. The zero-order chi connectivity index (χ0) is 21.7. The number of amides is 1. The van der Waals surface area contributed by atoms with Crippen molar-refractivity contribution in [3.8, 4) is 5.75 Å². The first kappa shape index (κ1) is 21.9. The zero-order valence-corrected chi connectivity index (χ0v) is 19.4. The summed E-state index contributed by atoms with van der Waals surface area (Å²) < 4.78 is 6.53. The topological polar surface area (TPSA) is 50.4 Å². The highest BCUT2D eigenvalue weighted by Gasteiger charge is 2.09. The maximum Gasteiger partial charge on any atom is 0.262 e. The summed E-state index contributed by atoms with van der Waals surface area (Å²) in [5.41, 5.74) is 7.70. The monoisotopic (exact) mass is 466 g/mol. The Morgan fingerprint density at radius 2 is 1.67 bits per heavy atom. The second-order valence-corrected chi connectivity index (χ2v) is 8.43. The summed E-state index contributed by atoms with van der Waals surface area (Å²) in [4.78, 5) is 12.3. The Morgan fingerprint density at radius 3 is 2.40 bits per heavy atom. The van der Waals surface area contributed by atoms with E-state index in [1.165, 1.54) is 11.1 Å². The second kappa shape index (κ2) is 9.81. The number of nitrogens with one attached hydrogen (secondary N) is 2. The van der Waals surface area contributed by atoms with Crippen molar-refractivity contribution in [3.63, 3.8) is 0 Å². The van der Waals surface area contributed by atoms with Gasteiger partial charge in [0.05, 0.1) is 4.47 Å². The molecule has 3 rings (SSSR count). The van der Waals surface area contributed by atoms with Crippen molar-refractivity contribution in [2.75, 3.05) is 17.2 Å². The number of rotatable bonds is 7. The van der Waals surface area contributed by atoms with E-state index in [0.29, 0.717) is 12.3 Å². The maximum absolute atomic E-state index is 12.3. The van der Waals surface area contributed by atoms with Gasteiger partial charge in [0, 0.05) is 17.9 Å². The van der Waals surface area contributed by atoms with Crippen LogP contribution in [0.3, 0.4) is 0 Å². The minimum Gasteiger partial charge on any atom is -0.483 e. The summed E-state index contributed by atoms with van der Waals surface area (Å²) in [6, 6.07) is 18.2. The molecule has 30 heavy (non-hydrogen) atoms. The summed E-state index contributed by atoms with van der Waals surface area (Å²) >= 11 is 3.55. The molecule has 0 radical (unpaired) electrons. The Kier molecular flexibility index (Phi) is 7.16. The van der Waals surface area contributed by atoms with Gasteiger partial charge in [0.2, 0.25) is 0 Å². The van der Waals surface area contributed by atoms with E-state index < -0.39 is 0 Å². The first-order chi connectivity index (χ1) is 14.3. The molecule has 0 saturated carbocycles. The van der Waals surface area contributed by atoms with Gasteiger partial charge < -0.3 is 15.4 Å². The average Bonchev–Trinajstić information content (AvgIpc) is 2.71. The van der Waals surface area contributed by atoms with Crippen LogP contribution < -0.4 is 15.4 Å². The predicted octanol–water partition coefficient (Wildman–Crippen LogP) is 6.31. The van der Waals surface area contributed by atoms with Gasteiger partial charge in [0.25, 0.3) is 5.91 Å². The fourth-order valence-electron chi connectivity index (χ4n) is 3.03. The van der Waals surface area contributed by atoms with Gasteiger partial charge in [-0.2, -0.15) is 0 Å². The Bertz CT molecular complexity index is 1060. The van der Waals surface area contributed by atoms with Crippen LogP contribution >= 0.6 is 15.9 Å². The largest absolute Gasteiger partial charge is 0.483 e. The molecule has 0 fully saturated rings. The van der Waals surface area contributed by atoms with Crippen molar-refractivity contribution < 1.29 is 9.53 Å². The van der Waals surface area contributed by atoms with E-state index >= 15 is 0 Å². The normalized spacial score (nSPS) is 10.6. The number of carbonyl (C=O) groups is 1. The molecular formula is C25H27BrN2O2. The van der Waals surface area contributed by atoms with E-state index in [2.05, 4.69) is 58.6 Å². The van der Waals surface area contributed by atoms with Gasteiger partial charge in [-0.1, -0.05) is 24.3 Å². The lowest BCUT2D eigenvalue weighted by Gasteiger charge is -2.13. The molecule has 156 valence electrons. The number of benzene rings is 3. The highest BCUT2D eigenvalue weighted by atomic mass is 79.9. The van der Waals surface area contributed by atoms with Gasteiger partial charge >= 0.3 is 0 Å². The van der Waals surface area contributed by atoms with E-state index in [-0.39, 0.29) is 12.5 Å². The first-order valence-corrected chi connectivity index (χ1v) is 10.7. The van der Waals surface area contributed by atoms with Crippen LogP contribution in [-0.2, 0) is 11.3 Å². The Labute approximate surface area is 186 Å². The van der Waals surface area contributed by atoms with Gasteiger partial charge in [-0.15, -0.1) is 0 Å². The van der Waals surface area contributed by atoms with Crippen molar-refractivity contribution in [2.24, 2.45) is 0 Å². The predicted molar refractivity (Wildman–Crippen MR) is 127 cm³/mol. The van der Waals surface area contributed by atoms with Gasteiger partial charge in [-0.3, -0.25) is 4.79 Å². The molecule has 0 saturated heterocycles. The van der Waals surface area contributed by atoms with Crippen LogP contribution in [0.5, 0.6) is 5.75 Å². The van der Waals surface area contributed by atoms with E-state index in [4.69, 9.17) is 4.74 Å². The molecule has 0 spiro atoms. The van der Waals surface area contributed by atoms with Crippen molar-refractivity contribution >= 4 is 33.2 Å². The van der Waals surface area contributed by atoms with Crippen LogP contribution in [0.1, 0.15) is 27.8 Å². The van der Waals surface area contributed by atoms with Crippen LogP contribution in [0.25, 0.3) is 0 Å². The molecule has 0 heterocycles. The third kappa shape index (κ3) is 5.86. The fourth-order valence-corrected chi connectivity index (χ4v) is 3.57. The molecule has 1 amide bonds. The molecule has 3 aromatic carbocycles. The second-order valence-electron chi connectivity index (χ2n) is 7.57. The molecule has 0 aliphatic heterocycles. The molecule has 0 aliphatic rings. The SMILES string of the molecule is Cc1ccc(C)c(NC(=O)COc2ccc(CNc3ccc(C)c(C)c3)cc2Br)c1. The van der Waals surface area contributed by atoms with Gasteiger partial charge in [-0.25, -0.2) is 0 Å². The van der Waals surface area contributed by atoms with Gasteiger partial charge in [0.15, 0.2) is 6.61 Å². The van der Waals surface area contributed by atoms with E-state index in [1.807, 2.05) is 50.2 Å². The molecule has 4 nitrogen and oxygen atoms in total. The number of aryl methyl sites for hydroxylation is 4. The molecule has 2 N–H and O–H groups in total. The number of hydrogen-bond donors (Lipinski definition) is 2. The number of halogens is 1. The lowest BCUT2D eigenvalue weighted by molar-refractivity contribution is -0.118. The molecule has 0 unspecified atom stereocenters. The molecule has 5 heteroatoms. The third-order valence-electron chi connectivity index (χ3n) is 5.03. The number of anilines is 2. The summed E-state index contributed by atoms with van der Waals surface area (Å²) in [7, 11) is 0. The number of hydrogen-bond acceptors (Lipinski definition) is 3. The van der Waals surface area contributed by atoms with E-state index in [1.54, 1.807) is 0 Å². The van der Waals surface area contributed by atoms with Crippen LogP contribution in [0.4, 0.5) is 11.4 Å². The fraction of sp³-hybridized carbons (Fsp3) is 0.240. The smallest absolute Gasteiger partial charge is 0.262 e. The van der Waals surface area contributed by atoms with Crippen molar-refractivity contribution in [1.82, 2.24) is 0 Å². The minimum atomic E-state index is -0.184. The van der Waals surface area contributed by atoms with Crippen molar-refractivity contribution in [2.45, 2.75) is 34.2 Å². The van der Waals surface area contributed by atoms with E-state index in [9.17, 15) is 4.79 Å². The molecule has 3 aromatic rings. The summed E-state index contributed by atoms with van der Waals surface area (Å²) in [6.07, 6.45) is 0. The Hall–Kier alpha value is -2.79. The highest BCUT2D eigenvalue weighted by molar-refractivity contribution is 9.10. The third-order valence-corrected chi connectivity index (χ3v) is 5.65. The lowest BCUT2D eigenvalue weighted by Crippen LogP contribution is -2.20. The van der Waals surface area contributed by atoms with Crippen LogP contribution in [0, 0.1) is 27.7 Å². The standard InChI is InChI=1S/C25H27BrN2O2/c1-16-5-6-18(3)23(11-16)28-25(29)15-30-24-10-8-20(13-22(24)26)14-27-21-9-7-17(2)19(4)12-21/h5-13,27H,14-15H2,1-4H3,(H,28,29). The van der Waals surface area contributed by atoms with Crippen molar-refractivity contribution in [3.05, 3.63) is 86.9 Å². The van der Waals surface area contributed by atoms with Gasteiger partial charge in [-0.05, 0) is 102 Å². The number of carbonyl (C=O) groups excluding carboxylic acids is 1. The number of ether oxygens (including phenoxy) is 1. The van der Waals surface area contributed by atoms with E-state index in [0.717, 1.165) is 32.5 Å². The van der Waals surface area contributed by atoms with Crippen LogP contribution in [-0.4, -0.2) is 12.5 Å². The van der Waals surface area contributed by atoms with Crippen LogP contribution in [0.2, 0.25) is 0 Å². The minimum absolute atomic E-state index is 0.0494. The van der Waals surface area contributed by atoms with Crippen molar-refractivity contribution in [1.29, 1.82) is 0 Å². The summed E-state index contributed by atoms with van der Waals surface area (Å²) in [5.74, 6) is 0.456. The molecule has 0 bridgehead atoms. The zero-order valence-electron chi connectivity index (χ0n) is 17.8. The van der Waals surface area contributed by atoms with Crippen LogP contribution in [0.15, 0.2) is 59.1 Å². The summed E-state index contributed by atoms with van der Waals surface area (Å²) in [6.45, 7) is 8.84. The molecule has 0 aliphatic carbocycles.